The Labute approximate surface area is 188 Å². The lowest BCUT2D eigenvalue weighted by Gasteiger charge is -2.19. The van der Waals surface area contributed by atoms with E-state index in [1.807, 2.05) is 25.1 Å². The van der Waals surface area contributed by atoms with Gasteiger partial charge in [-0.2, -0.15) is 0 Å². The molecule has 0 saturated carbocycles. The molecular weight excluding hydrogens is 434 g/mol. The first-order valence-electron chi connectivity index (χ1n) is 9.47. The van der Waals surface area contributed by atoms with Crippen LogP contribution in [0.2, 0.25) is 5.02 Å². The zero-order chi connectivity index (χ0) is 22.0. The minimum Gasteiger partial charge on any atom is -0.495 e. The number of allylic oxidation sites excluding steroid dienone is 1. The molecule has 3 aromatic rings. The number of hydrogen-bond donors (Lipinski definition) is 1. The fourth-order valence-corrected chi connectivity index (χ4v) is 4.60. The number of halogens is 1. The van der Waals surface area contributed by atoms with Crippen molar-refractivity contribution in [2.45, 2.75) is 12.7 Å². The molecule has 1 aliphatic rings. The monoisotopic (exact) mass is 453 g/mol. The third-order valence-electron chi connectivity index (χ3n) is 4.86. The third-order valence-corrected chi connectivity index (χ3v) is 6.18. The van der Waals surface area contributed by atoms with Crippen LogP contribution in [-0.2, 0) is 5.75 Å². The van der Waals surface area contributed by atoms with Crippen LogP contribution >= 0.6 is 23.4 Å². The average Bonchev–Trinajstić information content (AvgIpc) is 2.77. The zero-order valence-electron chi connectivity index (χ0n) is 17.1. The zero-order valence-corrected chi connectivity index (χ0v) is 18.6. The molecule has 0 radical (unpaired) electrons. The number of rotatable bonds is 5. The van der Waals surface area contributed by atoms with Gasteiger partial charge in [0.05, 0.1) is 34.5 Å². The Morgan fingerprint density at radius 2 is 2.10 bits per heavy atom. The van der Waals surface area contributed by atoms with Crippen molar-refractivity contribution in [1.29, 1.82) is 0 Å². The van der Waals surface area contributed by atoms with E-state index in [2.05, 4.69) is 22.0 Å². The molecule has 0 aliphatic carbocycles. The summed E-state index contributed by atoms with van der Waals surface area (Å²) in [5.41, 5.74) is 2.50. The Kier molecular flexibility index (Phi) is 6.11. The topological polar surface area (TPSA) is 80.9 Å². The van der Waals surface area contributed by atoms with E-state index in [4.69, 9.17) is 21.3 Å². The van der Waals surface area contributed by atoms with Crippen molar-refractivity contribution in [2.24, 2.45) is 9.98 Å². The number of methoxy groups -OCH3 is 1. The Morgan fingerprint density at radius 1 is 1.29 bits per heavy atom. The largest absolute Gasteiger partial charge is 0.495 e. The maximum atomic E-state index is 13.6. The summed E-state index contributed by atoms with van der Waals surface area (Å²) in [6.45, 7) is 6.04. The first-order valence-corrected chi connectivity index (χ1v) is 10.8. The second-order valence-corrected chi connectivity index (χ2v) is 8.06. The van der Waals surface area contributed by atoms with Gasteiger partial charge in [0.15, 0.2) is 0 Å². The SMILES string of the molecule is C=NC1=C(C)NCN=C1SCc1nc2cccc(Cl)c2c(=O)n1-c1ccccc1OC. The van der Waals surface area contributed by atoms with E-state index >= 15 is 0 Å². The summed E-state index contributed by atoms with van der Waals surface area (Å²) in [6.07, 6.45) is 0. The van der Waals surface area contributed by atoms with Gasteiger partial charge in [-0.15, -0.1) is 0 Å². The maximum Gasteiger partial charge on any atom is 0.267 e. The van der Waals surface area contributed by atoms with Gasteiger partial charge in [0.1, 0.15) is 29.0 Å². The van der Waals surface area contributed by atoms with Crippen LogP contribution in [0.5, 0.6) is 5.75 Å². The van der Waals surface area contributed by atoms with Gasteiger partial charge in [-0.1, -0.05) is 41.6 Å². The molecule has 0 atom stereocenters. The quantitative estimate of drug-likeness (QED) is 0.586. The minimum atomic E-state index is -0.253. The summed E-state index contributed by atoms with van der Waals surface area (Å²) in [6, 6.07) is 12.6. The van der Waals surface area contributed by atoms with E-state index in [0.29, 0.717) is 51.3 Å². The molecule has 0 spiro atoms. The number of benzene rings is 2. The summed E-state index contributed by atoms with van der Waals surface area (Å²) in [4.78, 5) is 26.9. The van der Waals surface area contributed by atoms with Gasteiger partial charge in [0.25, 0.3) is 5.56 Å². The van der Waals surface area contributed by atoms with Gasteiger partial charge in [-0.05, 0) is 37.9 Å². The molecule has 0 bridgehead atoms. The van der Waals surface area contributed by atoms with Crippen molar-refractivity contribution in [3.8, 4) is 11.4 Å². The van der Waals surface area contributed by atoms with Crippen LogP contribution < -0.4 is 15.6 Å². The number of fused-ring (bicyclic) bond motifs is 1. The van der Waals surface area contributed by atoms with Gasteiger partial charge in [0.2, 0.25) is 0 Å². The molecule has 9 heteroatoms. The highest BCUT2D eigenvalue weighted by Crippen LogP contribution is 2.28. The molecule has 158 valence electrons. The molecule has 7 nitrogen and oxygen atoms in total. The van der Waals surface area contributed by atoms with Crippen molar-refractivity contribution in [3.63, 3.8) is 0 Å². The van der Waals surface area contributed by atoms with E-state index < -0.39 is 0 Å². The number of aliphatic imine (C=N–C) groups is 2. The highest BCUT2D eigenvalue weighted by molar-refractivity contribution is 8.13. The number of thioether (sulfide) groups is 1. The molecule has 0 saturated heterocycles. The molecule has 0 fully saturated rings. The number of nitrogens with zero attached hydrogens (tertiary/aromatic N) is 4. The van der Waals surface area contributed by atoms with Crippen LogP contribution in [0, 0.1) is 0 Å². The van der Waals surface area contributed by atoms with Crippen molar-refractivity contribution in [1.82, 2.24) is 14.9 Å². The van der Waals surface area contributed by atoms with Crippen LogP contribution in [0.3, 0.4) is 0 Å². The minimum absolute atomic E-state index is 0.253. The fraction of sp³-hybridized carbons (Fsp3) is 0.182. The summed E-state index contributed by atoms with van der Waals surface area (Å²) >= 11 is 7.81. The summed E-state index contributed by atoms with van der Waals surface area (Å²) in [7, 11) is 1.57. The first-order chi connectivity index (χ1) is 15.0. The van der Waals surface area contributed by atoms with Crippen LogP contribution in [0.15, 0.2) is 68.6 Å². The van der Waals surface area contributed by atoms with Gasteiger partial charge in [0, 0.05) is 5.70 Å². The van der Waals surface area contributed by atoms with Crippen LogP contribution in [0.1, 0.15) is 12.7 Å². The second kappa shape index (κ2) is 8.95. The van der Waals surface area contributed by atoms with Crippen molar-refractivity contribution < 1.29 is 4.74 Å². The van der Waals surface area contributed by atoms with E-state index in [1.54, 1.807) is 35.9 Å². The number of aromatic nitrogens is 2. The van der Waals surface area contributed by atoms with Crippen molar-refractivity contribution in [2.75, 3.05) is 13.8 Å². The Morgan fingerprint density at radius 3 is 2.87 bits per heavy atom. The molecule has 2 aromatic carbocycles. The highest BCUT2D eigenvalue weighted by Gasteiger charge is 2.20. The van der Waals surface area contributed by atoms with Gasteiger partial charge < -0.3 is 10.1 Å². The molecule has 1 aromatic heterocycles. The molecule has 2 heterocycles. The van der Waals surface area contributed by atoms with E-state index in [-0.39, 0.29) is 5.56 Å². The predicted molar refractivity (Wildman–Crippen MR) is 128 cm³/mol. The summed E-state index contributed by atoms with van der Waals surface area (Å²) in [5, 5.41) is 4.62. The lowest BCUT2D eigenvalue weighted by molar-refractivity contribution is 0.412. The third kappa shape index (κ3) is 3.96. The summed E-state index contributed by atoms with van der Waals surface area (Å²) < 4.78 is 7.06. The second-order valence-electron chi connectivity index (χ2n) is 6.69. The van der Waals surface area contributed by atoms with E-state index in [1.165, 1.54) is 11.8 Å². The Balaban J connectivity index is 1.87. The van der Waals surface area contributed by atoms with Crippen LogP contribution in [0.25, 0.3) is 16.6 Å². The van der Waals surface area contributed by atoms with Gasteiger partial charge in [-0.3, -0.25) is 19.3 Å². The smallest absolute Gasteiger partial charge is 0.267 e. The van der Waals surface area contributed by atoms with Crippen molar-refractivity contribution >= 4 is 46.0 Å². The lowest BCUT2D eigenvalue weighted by Crippen LogP contribution is -2.25. The molecule has 0 amide bonds. The molecule has 0 unspecified atom stereocenters. The Bertz CT molecular complexity index is 1300. The standard InChI is InChI=1S/C22H20ClN5O2S/c1-13-20(24-2)21(26-12-25-13)31-11-18-27-15-8-6-7-14(23)19(15)22(29)28(18)16-9-4-5-10-17(16)30-3/h4-10,25H,2,11-12H2,1,3H3. The molecule has 31 heavy (non-hydrogen) atoms. The summed E-state index contributed by atoms with van der Waals surface area (Å²) in [5.74, 6) is 1.50. The number of para-hydroxylation sites is 2. The normalized spacial score (nSPS) is 13.7. The van der Waals surface area contributed by atoms with E-state index in [9.17, 15) is 4.79 Å². The van der Waals surface area contributed by atoms with Gasteiger partial charge >= 0.3 is 0 Å². The number of hydrogen-bond acceptors (Lipinski definition) is 7. The van der Waals surface area contributed by atoms with E-state index in [0.717, 1.165) is 10.7 Å². The molecule has 1 aliphatic heterocycles. The van der Waals surface area contributed by atoms with Gasteiger partial charge in [-0.25, -0.2) is 4.98 Å². The fourth-order valence-electron chi connectivity index (χ4n) is 3.38. The molecule has 1 N–H and O–H groups in total. The van der Waals surface area contributed by atoms with Crippen molar-refractivity contribution in [3.05, 3.63) is 75.1 Å². The van der Waals surface area contributed by atoms with Crippen LogP contribution in [-0.4, -0.2) is 35.1 Å². The van der Waals surface area contributed by atoms with Crippen LogP contribution in [0.4, 0.5) is 0 Å². The highest BCUT2D eigenvalue weighted by atomic mass is 35.5. The first kappa shape index (κ1) is 21.1. The Hall–Kier alpha value is -3.10. The predicted octanol–water partition coefficient (Wildman–Crippen LogP) is 4.17. The maximum absolute atomic E-state index is 13.6. The lowest BCUT2D eigenvalue weighted by atomic mass is 10.2. The average molecular weight is 454 g/mol. The number of ether oxygens (including phenoxy) is 1. The molecule has 4 rings (SSSR count). The molecular formula is C22H20ClN5O2S. The number of nitrogens with one attached hydrogen (secondary N) is 1.